The highest BCUT2D eigenvalue weighted by molar-refractivity contribution is 6.31. The van der Waals surface area contributed by atoms with E-state index in [1.165, 1.54) is 5.56 Å². The average molecular weight is 356 g/mol. The maximum Gasteiger partial charge on any atom is 0.252 e. The Bertz CT molecular complexity index is 951. The van der Waals surface area contributed by atoms with Gasteiger partial charge in [-0.2, -0.15) is 0 Å². The minimum atomic E-state index is -0.0668. The fourth-order valence-electron chi connectivity index (χ4n) is 2.93. The molecule has 1 atom stereocenters. The lowest BCUT2D eigenvalue weighted by atomic mass is 10.1. The van der Waals surface area contributed by atoms with Crippen molar-refractivity contribution in [1.82, 2.24) is 14.9 Å². The van der Waals surface area contributed by atoms with Crippen LogP contribution >= 0.6 is 11.6 Å². The lowest BCUT2D eigenvalue weighted by Crippen LogP contribution is -2.33. The molecule has 0 spiro atoms. The zero-order valence-corrected chi connectivity index (χ0v) is 15.5. The summed E-state index contributed by atoms with van der Waals surface area (Å²) < 4.78 is 0. The molecule has 0 aliphatic carbocycles. The van der Waals surface area contributed by atoms with Gasteiger partial charge >= 0.3 is 0 Å². The second-order valence-corrected chi connectivity index (χ2v) is 7.03. The third-order valence-electron chi connectivity index (χ3n) is 4.66. The van der Waals surface area contributed by atoms with Crippen molar-refractivity contribution in [2.45, 2.75) is 32.9 Å². The number of halogens is 1. The summed E-state index contributed by atoms with van der Waals surface area (Å²) in [5, 5.41) is 1.60. The predicted molar refractivity (Wildman–Crippen MR) is 103 cm³/mol. The van der Waals surface area contributed by atoms with Gasteiger partial charge in [0.25, 0.3) is 5.56 Å². The number of rotatable bonds is 5. The van der Waals surface area contributed by atoms with Gasteiger partial charge in [0.2, 0.25) is 0 Å². The van der Waals surface area contributed by atoms with Gasteiger partial charge in [0.15, 0.2) is 0 Å². The van der Waals surface area contributed by atoms with E-state index in [4.69, 9.17) is 11.6 Å². The van der Waals surface area contributed by atoms with Gasteiger partial charge in [-0.3, -0.25) is 14.7 Å². The fourth-order valence-corrected chi connectivity index (χ4v) is 3.10. The molecular weight excluding hydrogens is 334 g/mol. The first kappa shape index (κ1) is 17.6. The molecule has 5 heteroatoms. The summed E-state index contributed by atoms with van der Waals surface area (Å²) in [6.45, 7) is 4.82. The van der Waals surface area contributed by atoms with E-state index < -0.39 is 0 Å². The normalized spacial score (nSPS) is 12.7. The number of nitrogens with one attached hydrogen (secondary N) is 1. The Morgan fingerprint density at radius 3 is 2.84 bits per heavy atom. The smallest absolute Gasteiger partial charge is 0.252 e. The molecular formula is C20H22ClN3O. The third kappa shape index (κ3) is 4.09. The zero-order chi connectivity index (χ0) is 18.0. The van der Waals surface area contributed by atoms with E-state index in [1.54, 1.807) is 6.07 Å². The van der Waals surface area contributed by atoms with Crippen molar-refractivity contribution < 1.29 is 0 Å². The minimum absolute atomic E-state index is 0.0668. The number of fused-ring (bicyclic) bond motifs is 1. The SMILES string of the molecule is Cc1cccnc1CC(C)N(C)Cc1cc2ccc(Cl)cc2[nH]c1=O. The molecule has 0 radical (unpaired) electrons. The van der Waals surface area contributed by atoms with Gasteiger partial charge in [-0.1, -0.05) is 23.7 Å². The van der Waals surface area contributed by atoms with E-state index in [9.17, 15) is 4.79 Å². The van der Waals surface area contributed by atoms with Crippen LogP contribution in [0.4, 0.5) is 0 Å². The topological polar surface area (TPSA) is 49.0 Å². The molecule has 0 aliphatic heterocycles. The molecule has 1 aromatic carbocycles. The second-order valence-electron chi connectivity index (χ2n) is 6.59. The Kier molecular flexibility index (Phi) is 5.21. The first-order chi connectivity index (χ1) is 11.9. The quantitative estimate of drug-likeness (QED) is 0.754. The van der Waals surface area contributed by atoms with Crippen LogP contribution in [0, 0.1) is 6.92 Å². The predicted octanol–water partition coefficient (Wildman–Crippen LogP) is 3.95. The molecule has 0 saturated heterocycles. The molecule has 2 heterocycles. The highest BCUT2D eigenvalue weighted by Gasteiger charge is 2.14. The fraction of sp³-hybridized carbons (Fsp3) is 0.300. The molecule has 0 saturated carbocycles. The van der Waals surface area contributed by atoms with E-state index >= 15 is 0 Å². The number of likely N-dealkylation sites (N-methyl/N-ethyl adjacent to an activating group) is 1. The van der Waals surface area contributed by atoms with E-state index in [0.717, 1.165) is 28.6 Å². The molecule has 0 bridgehead atoms. The van der Waals surface area contributed by atoms with Gasteiger partial charge < -0.3 is 4.98 Å². The number of nitrogens with zero attached hydrogens (tertiary/aromatic N) is 2. The molecule has 0 aliphatic rings. The first-order valence-corrected chi connectivity index (χ1v) is 8.74. The summed E-state index contributed by atoms with van der Waals surface area (Å²) in [4.78, 5) is 21.9. The Balaban J connectivity index is 1.78. The molecule has 1 N–H and O–H groups in total. The van der Waals surface area contributed by atoms with Gasteiger partial charge in [-0.25, -0.2) is 0 Å². The summed E-state index contributed by atoms with van der Waals surface area (Å²) in [6.07, 6.45) is 2.68. The lowest BCUT2D eigenvalue weighted by Gasteiger charge is -2.24. The Morgan fingerprint density at radius 1 is 1.28 bits per heavy atom. The van der Waals surface area contributed by atoms with Crippen LogP contribution in [0.1, 0.15) is 23.7 Å². The van der Waals surface area contributed by atoms with Crippen molar-refractivity contribution in [1.29, 1.82) is 0 Å². The number of hydrogen-bond acceptors (Lipinski definition) is 3. The van der Waals surface area contributed by atoms with Crippen molar-refractivity contribution >= 4 is 22.5 Å². The lowest BCUT2D eigenvalue weighted by molar-refractivity contribution is 0.246. The first-order valence-electron chi connectivity index (χ1n) is 8.36. The summed E-state index contributed by atoms with van der Waals surface area (Å²) >= 11 is 5.99. The largest absolute Gasteiger partial charge is 0.322 e. The number of H-pyrrole nitrogens is 1. The average Bonchev–Trinajstić information content (AvgIpc) is 2.57. The number of pyridine rings is 2. The molecule has 4 nitrogen and oxygen atoms in total. The number of aromatic nitrogens is 2. The molecule has 0 amide bonds. The third-order valence-corrected chi connectivity index (χ3v) is 4.90. The number of benzene rings is 1. The number of aromatic amines is 1. The highest BCUT2D eigenvalue weighted by atomic mass is 35.5. The van der Waals surface area contributed by atoms with Crippen molar-refractivity contribution in [2.24, 2.45) is 0 Å². The molecule has 3 aromatic rings. The van der Waals surface area contributed by atoms with E-state index in [2.05, 4.69) is 34.8 Å². The molecule has 1 unspecified atom stereocenters. The summed E-state index contributed by atoms with van der Waals surface area (Å²) in [5.41, 5.74) is 3.75. The van der Waals surface area contributed by atoms with E-state index in [1.807, 2.05) is 37.5 Å². The number of aryl methyl sites for hydroxylation is 1. The second kappa shape index (κ2) is 7.38. The van der Waals surface area contributed by atoms with Crippen LogP contribution in [0.3, 0.4) is 0 Å². The number of hydrogen-bond donors (Lipinski definition) is 1. The van der Waals surface area contributed by atoms with Gasteiger partial charge in [0, 0.05) is 47.0 Å². The van der Waals surface area contributed by atoms with Crippen LogP contribution in [0.2, 0.25) is 5.02 Å². The van der Waals surface area contributed by atoms with Crippen molar-refractivity contribution in [2.75, 3.05) is 7.05 Å². The summed E-state index contributed by atoms with van der Waals surface area (Å²) in [7, 11) is 2.04. The summed E-state index contributed by atoms with van der Waals surface area (Å²) in [5.74, 6) is 0. The van der Waals surface area contributed by atoms with Crippen molar-refractivity contribution in [3.8, 4) is 0 Å². The van der Waals surface area contributed by atoms with Crippen molar-refractivity contribution in [3.63, 3.8) is 0 Å². The van der Waals surface area contributed by atoms with E-state index in [-0.39, 0.29) is 11.6 Å². The Morgan fingerprint density at radius 2 is 2.08 bits per heavy atom. The van der Waals surface area contributed by atoms with Crippen LogP contribution in [-0.4, -0.2) is 28.0 Å². The molecule has 0 fully saturated rings. The monoisotopic (exact) mass is 355 g/mol. The van der Waals surface area contributed by atoms with E-state index in [0.29, 0.717) is 11.6 Å². The van der Waals surface area contributed by atoms with Crippen LogP contribution in [0.5, 0.6) is 0 Å². The van der Waals surface area contributed by atoms with Gasteiger partial charge in [0.05, 0.1) is 0 Å². The van der Waals surface area contributed by atoms with Crippen LogP contribution in [-0.2, 0) is 13.0 Å². The maximum absolute atomic E-state index is 12.4. The Labute approximate surface area is 152 Å². The molecule has 130 valence electrons. The zero-order valence-electron chi connectivity index (χ0n) is 14.7. The standard InChI is InChI=1S/C20H22ClN3O/c1-13-5-4-8-22-18(13)9-14(2)24(3)12-16-10-15-6-7-17(21)11-19(15)23-20(16)25/h4-8,10-11,14H,9,12H2,1-3H3,(H,23,25). The Hall–Kier alpha value is -2.17. The van der Waals surface area contributed by atoms with Gasteiger partial charge in [0.1, 0.15) is 0 Å². The van der Waals surface area contributed by atoms with Crippen LogP contribution < -0.4 is 5.56 Å². The molecule has 2 aromatic heterocycles. The van der Waals surface area contributed by atoms with Crippen LogP contribution in [0.25, 0.3) is 10.9 Å². The van der Waals surface area contributed by atoms with Crippen LogP contribution in [0.15, 0.2) is 47.4 Å². The maximum atomic E-state index is 12.4. The molecule has 25 heavy (non-hydrogen) atoms. The molecule has 3 rings (SSSR count). The van der Waals surface area contributed by atoms with Crippen molar-refractivity contribution in [3.05, 3.63) is 74.8 Å². The van der Waals surface area contributed by atoms with Gasteiger partial charge in [-0.05, 0) is 56.1 Å². The highest BCUT2D eigenvalue weighted by Crippen LogP contribution is 2.18. The minimum Gasteiger partial charge on any atom is -0.322 e. The summed E-state index contributed by atoms with van der Waals surface area (Å²) in [6, 6.07) is 11.8. The van der Waals surface area contributed by atoms with Gasteiger partial charge in [-0.15, -0.1) is 0 Å².